The fourth-order valence-electron chi connectivity index (χ4n) is 2.21. The van der Waals surface area contributed by atoms with E-state index in [9.17, 15) is 15.0 Å². The molecule has 104 valence electrons. The Hall–Kier alpha value is -0.910. The van der Waals surface area contributed by atoms with Crippen LogP contribution in [0.25, 0.3) is 0 Å². The van der Waals surface area contributed by atoms with Crippen molar-refractivity contribution in [3.8, 4) is 0 Å². The van der Waals surface area contributed by atoms with Gasteiger partial charge in [-0.2, -0.15) is 0 Å². The summed E-state index contributed by atoms with van der Waals surface area (Å²) in [5.41, 5.74) is -2.09. The van der Waals surface area contributed by atoms with Gasteiger partial charge in [-0.05, 0) is 40.7 Å². The van der Waals surface area contributed by atoms with Gasteiger partial charge in [0.1, 0.15) is 17.3 Å². The third-order valence-electron chi connectivity index (χ3n) is 3.45. The van der Waals surface area contributed by atoms with Crippen LogP contribution in [-0.2, 0) is 14.3 Å². The van der Waals surface area contributed by atoms with Gasteiger partial charge in [0, 0.05) is 5.57 Å². The van der Waals surface area contributed by atoms with E-state index in [2.05, 4.69) is 0 Å². The summed E-state index contributed by atoms with van der Waals surface area (Å²) >= 11 is 0. The SMILES string of the molecule is CCOC(=O)/C(C)=C/[C@@]1(C)O[C@@H](C)[C@@](C)(O)[C@@H]1O. The Morgan fingerprint density at radius 2 is 2.06 bits per heavy atom. The van der Waals surface area contributed by atoms with Crippen molar-refractivity contribution in [3.05, 3.63) is 11.6 Å². The van der Waals surface area contributed by atoms with Crippen LogP contribution in [0.2, 0.25) is 0 Å². The van der Waals surface area contributed by atoms with Crippen LogP contribution in [0.4, 0.5) is 0 Å². The average molecular weight is 258 g/mol. The minimum atomic E-state index is -1.35. The predicted octanol–water partition coefficient (Wildman–Crippen LogP) is 0.785. The fraction of sp³-hybridized carbons (Fsp3) is 0.769. The average Bonchev–Trinajstić information content (AvgIpc) is 2.40. The molecule has 0 aromatic heterocycles. The lowest BCUT2D eigenvalue weighted by atomic mass is 9.86. The number of hydrogen-bond acceptors (Lipinski definition) is 5. The second-order valence-electron chi connectivity index (χ2n) is 5.12. The van der Waals surface area contributed by atoms with Gasteiger partial charge >= 0.3 is 5.97 Å². The highest BCUT2D eigenvalue weighted by Crippen LogP contribution is 2.39. The molecule has 0 unspecified atom stereocenters. The maximum absolute atomic E-state index is 11.5. The van der Waals surface area contributed by atoms with Crippen LogP contribution < -0.4 is 0 Å². The van der Waals surface area contributed by atoms with Crippen molar-refractivity contribution >= 4 is 5.97 Å². The quantitative estimate of drug-likeness (QED) is 0.578. The van der Waals surface area contributed by atoms with Crippen molar-refractivity contribution in [3.63, 3.8) is 0 Å². The van der Waals surface area contributed by atoms with Crippen LogP contribution >= 0.6 is 0 Å². The molecule has 5 nitrogen and oxygen atoms in total. The summed E-state index contributed by atoms with van der Waals surface area (Å²) in [7, 11) is 0. The van der Waals surface area contributed by atoms with Crippen LogP contribution in [0, 0.1) is 0 Å². The lowest BCUT2D eigenvalue weighted by molar-refractivity contribution is -0.138. The molecule has 4 atom stereocenters. The summed E-state index contributed by atoms with van der Waals surface area (Å²) in [6.07, 6.45) is -0.124. The molecule has 0 spiro atoms. The van der Waals surface area contributed by atoms with E-state index in [1.807, 2.05) is 0 Å². The zero-order valence-electron chi connectivity index (χ0n) is 11.6. The number of aliphatic hydroxyl groups excluding tert-OH is 1. The van der Waals surface area contributed by atoms with E-state index in [1.165, 1.54) is 13.0 Å². The van der Waals surface area contributed by atoms with E-state index in [0.717, 1.165) is 0 Å². The Balaban J connectivity index is 2.96. The van der Waals surface area contributed by atoms with Gasteiger partial charge in [0.2, 0.25) is 0 Å². The molecule has 1 rings (SSSR count). The first-order valence-electron chi connectivity index (χ1n) is 6.10. The first-order valence-corrected chi connectivity index (χ1v) is 6.10. The summed E-state index contributed by atoms with van der Waals surface area (Å²) in [6, 6.07) is 0. The van der Waals surface area contributed by atoms with Crippen LogP contribution in [0.3, 0.4) is 0 Å². The van der Waals surface area contributed by atoms with E-state index in [-0.39, 0.29) is 6.61 Å². The summed E-state index contributed by atoms with van der Waals surface area (Å²) < 4.78 is 10.5. The molecule has 2 N–H and O–H groups in total. The van der Waals surface area contributed by atoms with Gasteiger partial charge in [0.25, 0.3) is 0 Å². The van der Waals surface area contributed by atoms with Crippen molar-refractivity contribution in [2.75, 3.05) is 6.61 Å². The molecule has 0 aromatic carbocycles. The number of aliphatic hydroxyl groups is 2. The second kappa shape index (κ2) is 4.99. The number of ether oxygens (including phenoxy) is 2. The van der Waals surface area contributed by atoms with Crippen molar-refractivity contribution in [2.24, 2.45) is 0 Å². The van der Waals surface area contributed by atoms with Gasteiger partial charge in [0.05, 0.1) is 12.7 Å². The molecule has 1 heterocycles. The summed E-state index contributed by atoms with van der Waals surface area (Å²) in [4.78, 5) is 11.5. The van der Waals surface area contributed by atoms with E-state index in [0.29, 0.717) is 5.57 Å². The van der Waals surface area contributed by atoms with Gasteiger partial charge in [-0.3, -0.25) is 0 Å². The minimum absolute atomic E-state index is 0.290. The second-order valence-corrected chi connectivity index (χ2v) is 5.12. The first kappa shape index (κ1) is 15.1. The van der Waals surface area contributed by atoms with Gasteiger partial charge < -0.3 is 19.7 Å². The monoisotopic (exact) mass is 258 g/mol. The number of carbonyl (C=O) groups excluding carboxylic acids is 1. The Morgan fingerprint density at radius 3 is 2.44 bits per heavy atom. The summed E-state index contributed by atoms with van der Waals surface area (Å²) in [6.45, 7) is 8.44. The normalized spacial score (nSPS) is 40.9. The number of esters is 1. The Kier molecular flexibility index (Phi) is 4.20. The highest BCUT2D eigenvalue weighted by molar-refractivity contribution is 5.88. The molecule has 1 aliphatic rings. The van der Waals surface area contributed by atoms with E-state index in [4.69, 9.17) is 9.47 Å². The smallest absolute Gasteiger partial charge is 0.333 e. The molecule has 0 bridgehead atoms. The van der Waals surface area contributed by atoms with Gasteiger partial charge in [-0.1, -0.05) is 0 Å². The van der Waals surface area contributed by atoms with E-state index >= 15 is 0 Å². The molecule has 0 amide bonds. The molecule has 1 fully saturated rings. The van der Waals surface area contributed by atoms with Crippen LogP contribution in [0.5, 0.6) is 0 Å². The lowest BCUT2D eigenvalue weighted by Crippen LogP contribution is -2.47. The maximum Gasteiger partial charge on any atom is 0.333 e. The Labute approximate surface area is 107 Å². The Bertz CT molecular complexity index is 360. The van der Waals surface area contributed by atoms with Gasteiger partial charge in [0.15, 0.2) is 0 Å². The molecule has 0 radical (unpaired) electrons. The first-order chi connectivity index (χ1) is 8.15. The molecule has 18 heavy (non-hydrogen) atoms. The third kappa shape index (κ3) is 2.58. The molecule has 0 aliphatic carbocycles. The number of hydrogen-bond donors (Lipinski definition) is 2. The lowest BCUT2D eigenvalue weighted by Gasteiger charge is -2.28. The molecular weight excluding hydrogens is 236 g/mol. The third-order valence-corrected chi connectivity index (χ3v) is 3.45. The van der Waals surface area contributed by atoms with Crippen LogP contribution in [-0.4, -0.2) is 46.2 Å². The van der Waals surface area contributed by atoms with Gasteiger partial charge in [-0.15, -0.1) is 0 Å². The van der Waals surface area contributed by atoms with Crippen LogP contribution in [0.15, 0.2) is 11.6 Å². The topological polar surface area (TPSA) is 76.0 Å². The summed E-state index contributed by atoms with van der Waals surface area (Å²) in [5.74, 6) is -0.450. The fourth-order valence-corrected chi connectivity index (χ4v) is 2.21. The maximum atomic E-state index is 11.5. The van der Waals surface area contributed by atoms with E-state index < -0.39 is 29.4 Å². The highest BCUT2D eigenvalue weighted by Gasteiger charge is 2.55. The highest BCUT2D eigenvalue weighted by atomic mass is 16.6. The zero-order chi connectivity index (χ0) is 14.1. The molecule has 1 aliphatic heterocycles. The Morgan fingerprint density at radius 1 is 1.50 bits per heavy atom. The number of rotatable bonds is 3. The minimum Gasteiger partial charge on any atom is -0.463 e. The summed E-state index contributed by atoms with van der Waals surface area (Å²) in [5, 5.41) is 20.2. The molecule has 1 saturated heterocycles. The largest absolute Gasteiger partial charge is 0.463 e. The van der Waals surface area contributed by atoms with Gasteiger partial charge in [-0.25, -0.2) is 4.79 Å². The standard InChI is InChI=1S/C13H22O5/c1-6-17-10(14)8(2)7-12(4)11(15)13(5,16)9(3)18-12/h7,9,11,15-16H,6H2,1-5H3/b8-7+/t9-,11+,12+,13+/m0/s1. The molecule has 5 heteroatoms. The van der Waals surface area contributed by atoms with Crippen molar-refractivity contribution in [1.82, 2.24) is 0 Å². The van der Waals surface area contributed by atoms with Crippen LogP contribution in [0.1, 0.15) is 34.6 Å². The molecular formula is C13H22O5. The van der Waals surface area contributed by atoms with E-state index in [1.54, 1.807) is 27.7 Å². The molecule has 0 aromatic rings. The van der Waals surface area contributed by atoms with Crippen molar-refractivity contribution in [1.29, 1.82) is 0 Å². The predicted molar refractivity (Wildman–Crippen MR) is 66.0 cm³/mol. The van der Waals surface area contributed by atoms with Crippen molar-refractivity contribution < 1.29 is 24.5 Å². The van der Waals surface area contributed by atoms with Crippen molar-refractivity contribution in [2.45, 2.75) is 58.0 Å². The molecule has 0 saturated carbocycles. The number of carbonyl (C=O) groups is 1. The zero-order valence-corrected chi connectivity index (χ0v) is 11.6.